The van der Waals surface area contributed by atoms with Gasteiger partial charge in [-0.2, -0.15) is 0 Å². The third-order valence-electron chi connectivity index (χ3n) is 6.24. The number of piperazine rings is 1. The molecule has 8 nitrogen and oxygen atoms in total. The van der Waals surface area contributed by atoms with E-state index in [1.54, 1.807) is 30.9 Å². The zero-order chi connectivity index (χ0) is 24.7. The molecular weight excluding hydrogens is 450 g/mol. The summed E-state index contributed by atoms with van der Waals surface area (Å²) in [5.74, 6) is 0.368. The molecule has 36 heavy (non-hydrogen) atoms. The Balaban J connectivity index is 1.30. The molecule has 1 amide bonds. The number of carbonyl (C=O) groups is 1. The van der Waals surface area contributed by atoms with Crippen LogP contribution in [0.15, 0.2) is 91.5 Å². The van der Waals surface area contributed by atoms with Crippen molar-refractivity contribution >= 4 is 28.9 Å². The maximum Gasteiger partial charge on any atom is 0.255 e. The molecule has 0 radical (unpaired) electrons. The number of rotatable bonds is 7. The van der Waals surface area contributed by atoms with E-state index in [0.717, 1.165) is 44.1 Å². The minimum Gasteiger partial charge on any atom is -0.322 e. The largest absolute Gasteiger partial charge is 0.322 e. The van der Waals surface area contributed by atoms with Crippen LogP contribution in [0.5, 0.6) is 0 Å². The standard InChI is InChI=1S/C28H29N7O/c1-33-15-17-34(18-16-33)21-22-8-10-23(11-9-22)27(36)32-24-5-2-6-25(19-24)35(26-7-3-12-29-20-26)28-30-13-4-14-31-28/h2-14,19-20H,15-18,21H2,1H3,(H,32,36). The van der Waals surface area contributed by atoms with Gasteiger partial charge in [-0.1, -0.05) is 18.2 Å². The third kappa shape index (κ3) is 5.73. The minimum absolute atomic E-state index is 0.151. The summed E-state index contributed by atoms with van der Waals surface area (Å²) >= 11 is 0. The molecule has 5 rings (SSSR count). The minimum atomic E-state index is -0.151. The maximum absolute atomic E-state index is 13.0. The van der Waals surface area contributed by atoms with Gasteiger partial charge in [0.25, 0.3) is 5.91 Å². The molecule has 2 aromatic heterocycles. The molecule has 1 fully saturated rings. The number of benzene rings is 2. The first-order valence-electron chi connectivity index (χ1n) is 12.0. The molecule has 2 aromatic carbocycles. The fourth-order valence-electron chi connectivity index (χ4n) is 4.22. The van der Waals surface area contributed by atoms with E-state index < -0.39 is 0 Å². The van der Waals surface area contributed by atoms with Crippen LogP contribution < -0.4 is 10.2 Å². The molecule has 0 unspecified atom stereocenters. The average Bonchev–Trinajstić information content (AvgIpc) is 2.92. The van der Waals surface area contributed by atoms with Crippen LogP contribution in [0.4, 0.5) is 23.0 Å². The lowest BCUT2D eigenvalue weighted by Gasteiger charge is -2.32. The van der Waals surface area contributed by atoms with Gasteiger partial charge in [0.2, 0.25) is 5.95 Å². The molecule has 0 saturated carbocycles. The quantitative estimate of drug-likeness (QED) is 0.422. The van der Waals surface area contributed by atoms with Crippen molar-refractivity contribution in [2.45, 2.75) is 6.54 Å². The molecule has 3 heterocycles. The molecule has 0 aliphatic carbocycles. The molecule has 1 aliphatic rings. The fourth-order valence-corrected chi connectivity index (χ4v) is 4.22. The van der Waals surface area contributed by atoms with E-state index in [0.29, 0.717) is 17.2 Å². The van der Waals surface area contributed by atoms with Gasteiger partial charge in [0.05, 0.1) is 17.6 Å². The molecule has 8 heteroatoms. The fraction of sp³-hybridized carbons (Fsp3) is 0.214. The predicted molar refractivity (Wildman–Crippen MR) is 142 cm³/mol. The summed E-state index contributed by atoms with van der Waals surface area (Å²) in [6.07, 6.45) is 6.88. The second-order valence-corrected chi connectivity index (χ2v) is 8.88. The molecule has 1 saturated heterocycles. The van der Waals surface area contributed by atoms with Crippen LogP contribution in [0, 0.1) is 0 Å². The van der Waals surface area contributed by atoms with E-state index in [-0.39, 0.29) is 5.91 Å². The Morgan fingerprint density at radius 3 is 2.36 bits per heavy atom. The van der Waals surface area contributed by atoms with Crippen LogP contribution in [0.2, 0.25) is 0 Å². The second kappa shape index (κ2) is 11.1. The molecule has 0 bridgehead atoms. The molecule has 4 aromatic rings. The maximum atomic E-state index is 13.0. The number of pyridine rings is 1. The Bertz CT molecular complexity index is 1230. The lowest BCUT2D eigenvalue weighted by atomic mass is 10.1. The Morgan fingerprint density at radius 1 is 0.889 bits per heavy atom. The summed E-state index contributed by atoms with van der Waals surface area (Å²) < 4.78 is 0. The Hall–Kier alpha value is -4.14. The Morgan fingerprint density at radius 2 is 1.64 bits per heavy atom. The number of amides is 1. The summed E-state index contributed by atoms with van der Waals surface area (Å²) in [6, 6.07) is 21.1. The van der Waals surface area contributed by atoms with Crippen molar-refractivity contribution in [3.8, 4) is 0 Å². The summed E-state index contributed by atoms with van der Waals surface area (Å²) in [4.78, 5) is 32.8. The number of likely N-dealkylation sites (N-methyl/N-ethyl adjacent to an activating group) is 1. The molecule has 0 atom stereocenters. The topological polar surface area (TPSA) is 77.5 Å². The van der Waals surface area contributed by atoms with Crippen LogP contribution in [-0.4, -0.2) is 63.9 Å². The number of anilines is 4. The third-order valence-corrected chi connectivity index (χ3v) is 6.24. The van der Waals surface area contributed by atoms with Crippen molar-refractivity contribution in [2.24, 2.45) is 0 Å². The lowest BCUT2D eigenvalue weighted by Crippen LogP contribution is -2.43. The Kier molecular flexibility index (Phi) is 7.25. The highest BCUT2D eigenvalue weighted by atomic mass is 16.1. The lowest BCUT2D eigenvalue weighted by molar-refractivity contribution is 0.102. The summed E-state index contributed by atoms with van der Waals surface area (Å²) in [5, 5.41) is 3.02. The normalized spacial score (nSPS) is 14.4. The van der Waals surface area contributed by atoms with Crippen LogP contribution in [-0.2, 0) is 6.54 Å². The first-order chi connectivity index (χ1) is 17.7. The molecule has 1 N–H and O–H groups in total. The van der Waals surface area contributed by atoms with Crippen LogP contribution in [0.25, 0.3) is 0 Å². The summed E-state index contributed by atoms with van der Waals surface area (Å²) in [6.45, 7) is 5.23. The van der Waals surface area contributed by atoms with Crippen LogP contribution >= 0.6 is 0 Å². The Labute approximate surface area is 211 Å². The molecular formula is C28H29N7O. The second-order valence-electron chi connectivity index (χ2n) is 8.88. The zero-order valence-corrected chi connectivity index (χ0v) is 20.3. The predicted octanol–water partition coefficient (Wildman–Crippen LogP) is 4.34. The number of nitrogens with one attached hydrogen (secondary N) is 1. The van der Waals surface area contributed by atoms with Gasteiger partial charge in [0.1, 0.15) is 0 Å². The van der Waals surface area contributed by atoms with Crippen molar-refractivity contribution in [3.63, 3.8) is 0 Å². The highest BCUT2D eigenvalue weighted by Crippen LogP contribution is 2.32. The van der Waals surface area contributed by atoms with Crippen molar-refractivity contribution in [2.75, 3.05) is 43.4 Å². The van der Waals surface area contributed by atoms with Crippen molar-refractivity contribution < 1.29 is 4.79 Å². The number of aromatic nitrogens is 3. The number of nitrogens with zero attached hydrogens (tertiary/aromatic N) is 6. The molecule has 182 valence electrons. The van der Waals surface area contributed by atoms with E-state index in [4.69, 9.17) is 0 Å². The monoisotopic (exact) mass is 479 g/mol. The SMILES string of the molecule is CN1CCN(Cc2ccc(C(=O)Nc3cccc(N(c4cccnc4)c4ncccn4)c3)cc2)CC1. The first kappa shape index (κ1) is 23.6. The summed E-state index contributed by atoms with van der Waals surface area (Å²) in [5.41, 5.74) is 4.16. The zero-order valence-electron chi connectivity index (χ0n) is 20.3. The van der Waals surface area contributed by atoms with Gasteiger partial charge in [0.15, 0.2) is 0 Å². The van der Waals surface area contributed by atoms with Gasteiger partial charge in [0, 0.05) is 62.6 Å². The van der Waals surface area contributed by atoms with Gasteiger partial charge >= 0.3 is 0 Å². The first-order valence-corrected chi connectivity index (χ1v) is 12.0. The van der Waals surface area contributed by atoms with Crippen LogP contribution in [0.3, 0.4) is 0 Å². The van der Waals surface area contributed by atoms with Crippen molar-refractivity contribution in [3.05, 3.63) is 103 Å². The molecule has 0 spiro atoms. The van der Waals surface area contributed by atoms with Gasteiger partial charge in [-0.05, 0) is 61.1 Å². The van der Waals surface area contributed by atoms with E-state index in [1.165, 1.54) is 5.56 Å². The van der Waals surface area contributed by atoms with Gasteiger partial charge in [-0.15, -0.1) is 0 Å². The average molecular weight is 480 g/mol. The van der Waals surface area contributed by atoms with Gasteiger partial charge < -0.3 is 10.2 Å². The van der Waals surface area contributed by atoms with Crippen molar-refractivity contribution in [1.82, 2.24) is 24.8 Å². The van der Waals surface area contributed by atoms with E-state index in [9.17, 15) is 4.79 Å². The number of hydrogen-bond donors (Lipinski definition) is 1. The summed E-state index contributed by atoms with van der Waals surface area (Å²) in [7, 11) is 2.16. The van der Waals surface area contributed by atoms with Crippen LogP contribution in [0.1, 0.15) is 15.9 Å². The van der Waals surface area contributed by atoms with E-state index >= 15 is 0 Å². The smallest absolute Gasteiger partial charge is 0.255 e. The highest BCUT2D eigenvalue weighted by molar-refractivity contribution is 6.04. The van der Waals surface area contributed by atoms with Gasteiger partial charge in [-0.3, -0.25) is 19.6 Å². The van der Waals surface area contributed by atoms with Gasteiger partial charge in [-0.25, -0.2) is 9.97 Å². The van der Waals surface area contributed by atoms with E-state index in [1.807, 2.05) is 65.6 Å². The number of carbonyl (C=O) groups excluding carboxylic acids is 1. The number of hydrogen-bond acceptors (Lipinski definition) is 7. The molecule has 1 aliphatic heterocycles. The van der Waals surface area contributed by atoms with Crippen molar-refractivity contribution in [1.29, 1.82) is 0 Å². The van der Waals surface area contributed by atoms with E-state index in [2.05, 4.69) is 37.1 Å². The highest BCUT2D eigenvalue weighted by Gasteiger charge is 2.17.